The van der Waals surface area contributed by atoms with E-state index in [-0.39, 0.29) is 0 Å². The highest BCUT2D eigenvalue weighted by atomic mass is 35.5. The number of halogens is 1. The van der Waals surface area contributed by atoms with Gasteiger partial charge in [-0.1, -0.05) is 66.2 Å². The van der Waals surface area contributed by atoms with Crippen molar-refractivity contribution in [2.24, 2.45) is 0 Å². The fourth-order valence-electron chi connectivity index (χ4n) is 3.97. The van der Waals surface area contributed by atoms with Crippen LogP contribution in [0.2, 0.25) is 5.02 Å². The maximum absolute atomic E-state index is 6.22. The summed E-state index contributed by atoms with van der Waals surface area (Å²) in [5.41, 5.74) is 4.30. The van der Waals surface area contributed by atoms with E-state index in [1.165, 1.54) is 10.8 Å². The Kier molecular flexibility index (Phi) is 6.06. The van der Waals surface area contributed by atoms with Crippen molar-refractivity contribution in [3.63, 3.8) is 0 Å². The highest BCUT2D eigenvalue weighted by molar-refractivity contribution is 6.30. The molecule has 2 N–H and O–H groups in total. The average molecular weight is 442 g/mol. The molecule has 0 aliphatic heterocycles. The summed E-state index contributed by atoms with van der Waals surface area (Å²) in [6.07, 6.45) is 0.831. The van der Waals surface area contributed by atoms with E-state index in [9.17, 15) is 0 Å². The highest BCUT2D eigenvalue weighted by Gasteiger charge is 2.10. The summed E-state index contributed by atoms with van der Waals surface area (Å²) < 4.78 is 6.22. The number of H-pyrrole nitrogens is 1. The molecule has 4 nitrogen and oxygen atoms in total. The number of imidazole rings is 1. The zero-order valence-corrected chi connectivity index (χ0v) is 18.4. The molecular weight excluding hydrogens is 418 g/mol. The topological polar surface area (TPSA) is 49.9 Å². The minimum absolute atomic E-state index is 0.477. The molecule has 0 bridgehead atoms. The van der Waals surface area contributed by atoms with Crippen molar-refractivity contribution in [2.75, 3.05) is 6.54 Å². The molecule has 0 fully saturated rings. The molecule has 5 heteroatoms. The fraction of sp³-hybridized carbons (Fsp3) is 0.148. The Bertz CT molecular complexity index is 1330. The Hall–Kier alpha value is -3.34. The van der Waals surface area contributed by atoms with Crippen LogP contribution in [0.25, 0.3) is 21.8 Å². The molecule has 0 saturated heterocycles. The maximum Gasteiger partial charge on any atom is 0.124 e. The third-order valence-corrected chi connectivity index (χ3v) is 5.79. The minimum Gasteiger partial charge on any atom is -0.489 e. The van der Waals surface area contributed by atoms with Gasteiger partial charge in [0.05, 0.1) is 11.0 Å². The minimum atomic E-state index is 0.477. The largest absolute Gasteiger partial charge is 0.489 e. The Labute approximate surface area is 192 Å². The summed E-state index contributed by atoms with van der Waals surface area (Å²) in [4.78, 5) is 8.06. The van der Waals surface area contributed by atoms with Gasteiger partial charge in [0, 0.05) is 30.1 Å². The van der Waals surface area contributed by atoms with E-state index in [4.69, 9.17) is 16.3 Å². The molecule has 0 aliphatic carbocycles. The Morgan fingerprint density at radius 2 is 1.78 bits per heavy atom. The molecule has 5 aromatic rings. The number of rotatable bonds is 8. The van der Waals surface area contributed by atoms with Crippen LogP contribution < -0.4 is 10.1 Å². The van der Waals surface area contributed by atoms with Crippen LogP contribution in [0, 0.1) is 0 Å². The Morgan fingerprint density at radius 1 is 0.906 bits per heavy atom. The molecule has 0 radical (unpaired) electrons. The van der Waals surface area contributed by atoms with E-state index in [1.807, 2.05) is 42.5 Å². The first-order valence-corrected chi connectivity index (χ1v) is 11.2. The summed E-state index contributed by atoms with van der Waals surface area (Å²) in [5, 5.41) is 6.70. The first kappa shape index (κ1) is 20.6. The van der Waals surface area contributed by atoms with Gasteiger partial charge in [0.2, 0.25) is 0 Å². The lowest BCUT2D eigenvalue weighted by atomic mass is 10.0. The molecule has 1 aromatic heterocycles. The number of hydrogen-bond acceptors (Lipinski definition) is 3. The molecular formula is C27H24ClN3O. The predicted molar refractivity (Wildman–Crippen MR) is 131 cm³/mol. The molecule has 0 saturated carbocycles. The molecule has 0 unspecified atom stereocenters. The predicted octanol–water partition coefficient (Wildman–Crippen LogP) is 6.28. The normalized spacial score (nSPS) is 11.3. The summed E-state index contributed by atoms with van der Waals surface area (Å²) in [6, 6.07) is 28.5. The lowest BCUT2D eigenvalue weighted by Gasteiger charge is -2.15. The van der Waals surface area contributed by atoms with Crippen molar-refractivity contribution in [3.05, 3.63) is 107 Å². The number of hydrogen-bond donors (Lipinski definition) is 2. The van der Waals surface area contributed by atoms with E-state index >= 15 is 0 Å². The van der Waals surface area contributed by atoms with E-state index in [2.05, 4.69) is 57.7 Å². The van der Waals surface area contributed by atoms with Gasteiger partial charge in [-0.15, -0.1) is 0 Å². The SMILES string of the molecule is Clc1cccc(COc2ccc3ccccc3c2CNCCc2nc3ccccc3[nH]2)c1. The number of benzene rings is 4. The van der Waals surface area contributed by atoms with Crippen molar-refractivity contribution in [1.29, 1.82) is 0 Å². The van der Waals surface area contributed by atoms with Gasteiger partial charge >= 0.3 is 0 Å². The van der Waals surface area contributed by atoms with Gasteiger partial charge < -0.3 is 15.0 Å². The van der Waals surface area contributed by atoms with E-state index in [0.29, 0.717) is 13.2 Å². The van der Waals surface area contributed by atoms with Gasteiger partial charge in [-0.2, -0.15) is 0 Å². The van der Waals surface area contributed by atoms with Crippen molar-refractivity contribution >= 4 is 33.4 Å². The second-order valence-corrected chi connectivity index (χ2v) is 8.25. The van der Waals surface area contributed by atoms with E-state index in [0.717, 1.165) is 51.7 Å². The van der Waals surface area contributed by atoms with Gasteiger partial charge in [0.15, 0.2) is 0 Å². The number of para-hydroxylation sites is 2. The molecule has 160 valence electrons. The quantitative estimate of drug-likeness (QED) is 0.278. The number of nitrogens with one attached hydrogen (secondary N) is 2. The van der Waals surface area contributed by atoms with Crippen LogP contribution in [0.1, 0.15) is 17.0 Å². The lowest BCUT2D eigenvalue weighted by molar-refractivity contribution is 0.303. The molecule has 0 atom stereocenters. The van der Waals surface area contributed by atoms with Crippen LogP contribution in [-0.4, -0.2) is 16.5 Å². The zero-order chi connectivity index (χ0) is 21.8. The second-order valence-electron chi connectivity index (χ2n) is 7.81. The molecule has 0 spiro atoms. The second kappa shape index (κ2) is 9.43. The standard InChI is InChI=1S/C27H24ClN3O/c28-21-8-5-6-19(16-21)18-32-26-13-12-20-7-1-2-9-22(20)23(26)17-29-15-14-27-30-24-10-3-4-11-25(24)31-27/h1-13,16,29H,14-15,17-18H2,(H,30,31). The Morgan fingerprint density at radius 3 is 2.69 bits per heavy atom. The number of aromatic nitrogens is 2. The third-order valence-electron chi connectivity index (χ3n) is 5.56. The average Bonchev–Trinajstić information content (AvgIpc) is 3.24. The third kappa shape index (κ3) is 4.62. The monoisotopic (exact) mass is 441 g/mol. The van der Waals surface area contributed by atoms with Gasteiger partial charge in [0.25, 0.3) is 0 Å². The number of ether oxygens (including phenoxy) is 1. The fourth-order valence-corrected chi connectivity index (χ4v) is 4.18. The molecule has 4 aromatic carbocycles. The van der Waals surface area contributed by atoms with Gasteiger partial charge in [0.1, 0.15) is 18.2 Å². The van der Waals surface area contributed by atoms with Crippen LogP contribution in [0.4, 0.5) is 0 Å². The van der Waals surface area contributed by atoms with Crippen molar-refractivity contribution in [1.82, 2.24) is 15.3 Å². The first-order chi connectivity index (χ1) is 15.8. The summed E-state index contributed by atoms with van der Waals surface area (Å²) >= 11 is 6.12. The van der Waals surface area contributed by atoms with Gasteiger partial charge in [-0.05, 0) is 46.7 Å². The molecule has 5 rings (SSSR count). The van der Waals surface area contributed by atoms with Crippen molar-refractivity contribution < 1.29 is 4.74 Å². The van der Waals surface area contributed by atoms with Crippen molar-refractivity contribution in [2.45, 2.75) is 19.6 Å². The molecule has 0 amide bonds. The number of fused-ring (bicyclic) bond motifs is 2. The van der Waals surface area contributed by atoms with Crippen LogP contribution in [0.15, 0.2) is 84.9 Å². The van der Waals surface area contributed by atoms with E-state index < -0.39 is 0 Å². The van der Waals surface area contributed by atoms with Gasteiger partial charge in [-0.25, -0.2) is 4.98 Å². The maximum atomic E-state index is 6.22. The number of aromatic amines is 1. The van der Waals surface area contributed by atoms with Crippen LogP contribution in [0.3, 0.4) is 0 Å². The molecule has 0 aliphatic rings. The molecule has 32 heavy (non-hydrogen) atoms. The summed E-state index contributed by atoms with van der Waals surface area (Å²) in [5.74, 6) is 1.88. The van der Waals surface area contributed by atoms with Crippen LogP contribution in [0.5, 0.6) is 5.75 Å². The van der Waals surface area contributed by atoms with Crippen LogP contribution >= 0.6 is 11.6 Å². The van der Waals surface area contributed by atoms with E-state index in [1.54, 1.807) is 0 Å². The summed E-state index contributed by atoms with van der Waals surface area (Å²) in [6.45, 7) is 2.01. The summed E-state index contributed by atoms with van der Waals surface area (Å²) in [7, 11) is 0. The van der Waals surface area contributed by atoms with Crippen LogP contribution in [-0.2, 0) is 19.6 Å². The van der Waals surface area contributed by atoms with Crippen molar-refractivity contribution in [3.8, 4) is 5.75 Å². The van der Waals surface area contributed by atoms with Gasteiger partial charge in [-0.3, -0.25) is 0 Å². The Balaban J connectivity index is 1.30. The highest BCUT2D eigenvalue weighted by Crippen LogP contribution is 2.29. The zero-order valence-electron chi connectivity index (χ0n) is 17.6. The molecule has 1 heterocycles. The lowest BCUT2D eigenvalue weighted by Crippen LogP contribution is -2.18. The number of nitrogens with zero attached hydrogens (tertiary/aromatic N) is 1. The smallest absolute Gasteiger partial charge is 0.124 e. The first-order valence-electron chi connectivity index (χ1n) is 10.8.